The molecule has 27 heavy (non-hydrogen) atoms. The molecule has 1 aromatic heterocycles. The molecule has 2 aromatic carbocycles. The molecule has 0 unspecified atom stereocenters. The number of benzene rings is 2. The molecule has 3 atom stereocenters. The van der Waals surface area contributed by atoms with E-state index < -0.39 is 0 Å². The lowest BCUT2D eigenvalue weighted by molar-refractivity contribution is 0.0798. The highest BCUT2D eigenvalue weighted by molar-refractivity contribution is 5.80. The van der Waals surface area contributed by atoms with E-state index in [1.165, 1.54) is 55.8 Å². The van der Waals surface area contributed by atoms with Crippen LogP contribution in [0.3, 0.4) is 0 Å². The summed E-state index contributed by atoms with van der Waals surface area (Å²) in [5.74, 6) is 0.917. The second kappa shape index (κ2) is 7.09. The predicted molar refractivity (Wildman–Crippen MR) is 112 cm³/mol. The molecule has 0 spiro atoms. The number of nitrogens with one attached hydrogen (secondary N) is 1. The van der Waals surface area contributed by atoms with Gasteiger partial charge in [-0.05, 0) is 66.1 Å². The lowest BCUT2D eigenvalue weighted by atomic mass is 9.53. The summed E-state index contributed by atoms with van der Waals surface area (Å²) in [6.07, 6.45) is 12.1. The van der Waals surface area contributed by atoms with Gasteiger partial charge >= 0.3 is 0 Å². The number of pyridine rings is 1. The van der Waals surface area contributed by atoms with Crippen molar-refractivity contribution < 1.29 is 0 Å². The van der Waals surface area contributed by atoms with Crippen molar-refractivity contribution in [3.63, 3.8) is 0 Å². The molecule has 0 radical (unpaired) electrons. The van der Waals surface area contributed by atoms with Gasteiger partial charge < -0.3 is 5.32 Å². The fourth-order valence-electron chi connectivity index (χ4n) is 5.92. The summed E-state index contributed by atoms with van der Waals surface area (Å²) in [5, 5.41) is 6.23. The van der Waals surface area contributed by atoms with Crippen LogP contribution in [0.15, 0.2) is 67.0 Å². The Morgan fingerprint density at radius 2 is 1.74 bits per heavy atom. The van der Waals surface area contributed by atoms with E-state index >= 15 is 0 Å². The smallest absolute Gasteiger partial charge is 0.0346 e. The van der Waals surface area contributed by atoms with Crippen LogP contribution in [-0.4, -0.2) is 17.6 Å². The van der Waals surface area contributed by atoms with Gasteiger partial charge in [-0.3, -0.25) is 4.98 Å². The Bertz CT molecular complexity index is 865. The average molecular weight is 357 g/mol. The minimum absolute atomic E-state index is 0.545. The van der Waals surface area contributed by atoms with Gasteiger partial charge in [-0.25, -0.2) is 0 Å². The largest absolute Gasteiger partial charge is 0.313 e. The number of fused-ring (bicyclic) bond motifs is 2. The first-order valence-electron chi connectivity index (χ1n) is 10.5. The molecule has 2 fully saturated rings. The number of piperidine rings is 1. The Hall–Kier alpha value is -2.19. The topological polar surface area (TPSA) is 24.9 Å². The Labute approximate surface area is 162 Å². The van der Waals surface area contributed by atoms with Gasteiger partial charge in [0, 0.05) is 23.9 Å². The van der Waals surface area contributed by atoms with Crippen LogP contribution in [0.25, 0.3) is 10.8 Å². The number of hydrogen-bond acceptors (Lipinski definition) is 2. The van der Waals surface area contributed by atoms with E-state index in [-0.39, 0.29) is 0 Å². The van der Waals surface area contributed by atoms with Gasteiger partial charge in [-0.2, -0.15) is 0 Å². The van der Waals surface area contributed by atoms with Gasteiger partial charge in [0.1, 0.15) is 0 Å². The number of nitrogens with zero attached hydrogens (tertiary/aromatic N) is 1. The molecule has 1 N–H and O–H groups in total. The average Bonchev–Trinajstić information content (AvgIpc) is 2.74. The van der Waals surface area contributed by atoms with Crippen molar-refractivity contribution in [2.24, 2.45) is 5.92 Å². The van der Waals surface area contributed by atoms with Gasteiger partial charge in [0.05, 0.1) is 0 Å². The summed E-state index contributed by atoms with van der Waals surface area (Å²) in [6.45, 7) is 1.23. The third-order valence-electron chi connectivity index (χ3n) is 7.10. The molecule has 1 saturated heterocycles. The maximum atomic E-state index is 4.01. The first-order valence-corrected chi connectivity index (χ1v) is 10.5. The molecular formula is C25H28N2. The van der Waals surface area contributed by atoms with Gasteiger partial charge in [0.2, 0.25) is 0 Å². The first-order chi connectivity index (χ1) is 13.4. The van der Waals surface area contributed by atoms with E-state index in [9.17, 15) is 0 Å². The zero-order valence-electron chi connectivity index (χ0n) is 15.9. The first kappa shape index (κ1) is 16.9. The zero-order chi connectivity index (χ0) is 18.1. The van der Waals surface area contributed by atoms with Crippen LogP contribution in [-0.2, 0) is 11.8 Å². The van der Waals surface area contributed by atoms with Crippen molar-refractivity contribution in [2.45, 2.75) is 50.0 Å². The quantitative estimate of drug-likeness (QED) is 0.594. The van der Waals surface area contributed by atoms with Crippen LogP contribution in [0.2, 0.25) is 0 Å². The summed E-state index contributed by atoms with van der Waals surface area (Å²) < 4.78 is 0. The third-order valence-corrected chi connectivity index (χ3v) is 7.10. The number of aromatic nitrogens is 1. The highest BCUT2D eigenvalue weighted by Crippen LogP contribution is 2.53. The van der Waals surface area contributed by atoms with Crippen LogP contribution in [0.1, 0.15) is 43.2 Å². The van der Waals surface area contributed by atoms with Crippen molar-refractivity contribution in [2.75, 3.05) is 6.54 Å². The molecule has 138 valence electrons. The van der Waals surface area contributed by atoms with Crippen LogP contribution >= 0.6 is 0 Å². The standard InChI is InChI=1S/C16H21N.C9H7N/c1-2-6-13-12(5-1)11-15-14-7-3-4-8-16(13,14)9-10-17-15;1-2-4-9-7-10-6-5-8(9)3-1/h1-2,5-6,14-15,17H,3-4,7-11H2;1-7H/t14-,15+,16-;/m0./s1. The minimum atomic E-state index is 0.545. The lowest BCUT2D eigenvalue weighted by Crippen LogP contribution is -2.59. The Morgan fingerprint density at radius 3 is 2.67 bits per heavy atom. The summed E-state index contributed by atoms with van der Waals surface area (Å²) in [4.78, 5) is 4.01. The molecule has 3 aliphatic rings. The van der Waals surface area contributed by atoms with Gasteiger partial charge in [0.15, 0.2) is 0 Å². The molecule has 1 aliphatic heterocycles. The van der Waals surface area contributed by atoms with Crippen molar-refractivity contribution in [3.05, 3.63) is 78.1 Å². The Balaban J connectivity index is 0.000000137. The minimum Gasteiger partial charge on any atom is -0.313 e. The zero-order valence-corrected chi connectivity index (χ0v) is 15.9. The maximum absolute atomic E-state index is 4.01. The summed E-state index contributed by atoms with van der Waals surface area (Å²) in [5.41, 5.74) is 3.88. The second-order valence-electron chi connectivity index (χ2n) is 8.40. The van der Waals surface area contributed by atoms with Gasteiger partial charge in [-0.1, -0.05) is 61.4 Å². The Kier molecular flexibility index (Phi) is 4.45. The monoisotopic (exact) mass is 356 g/mol. The molecule has 6 rings (SSSR count). The van der Waals surface area contributed by atoms with Crippen LogP contribution in [0, 0.1) is 5.92 Å². The molecule has 2 bridgehead atoms. The van der Waals surface area contributed by atoms with Crippen molar-refractivity contribution in [1.82, 2.24) is 10.3 Å². The fourth-order valence-corrected chi connectivity index (χ4v) is 5.92. The van der Waals surface area contributed by atoms with E-state index in [0.717, 1.165) is 12.0 Å². The Morgan fingerprint density at radius 1 is 0.889 bits per heavy atom. The second-order valence-corrected chi connectivity index (χ2v) is 8.40. The lowest BCUT2D eigenvalue weighted by Gasteiger charge is -2.56. The summed E-state index contributed by atoms with van der Waals surface area (Å²) in [7, 11) is 0. The fraction of sp³-hybridized carbons (Fsp3) is 0.400. The van der Waals surface area contributed by atoms with Gasteiger partial charge in [0.25, 0.3) is 0 Å². The van der Waals surface area contributed by atoms with E-state index in [1.54, 1.807) is 11.1 Å². The molecule has 2 nitrogen and oxygen atoms in total. The molecule has 3 aromatic rings. The normalized spacial score (nSPS) is 28.4. The van der Waals surface area contributed by atoms with Crippen molar-refractivity contribution in [3.8, 4) is 0 Å². The number of hydrogen-bond donors (Lipinski definition) is 1. The molecule has 2 aliphatic carbocycles. The molecular weight excluding hydrogens is 328 g/mol. The highest BCUT2D eigenvalue weighted by Gasteiger charge is 2.51. The predicted octanol–water partition coefficient (Wildman–Crippen LogP) is 5.27. The van der Waals surface area contributed by atoms with E-state index in [4.69, 9.17) is 0 Å². The summed E-state index contributed by atoms with van der Waals surface area (Å²) >= 11 is 0. The van der Waals surface area contributed by atoms with Crippen molar-refractivity contribution in [1.29, 1.82) is 0 Å². The molecule has 0 amide bonds. The molecule has 1 saturated carbocycles. The van der Waals surface area contributed by atoms with Crippen LogP contribution in [0.5, 0.6) is 0 Å². The van der Waals surface area contributed by atoms with E-state index in [1.807, 2.05) is 30.6 Å². The molecule has 2 heterocycles. The molecule has 2 heteroatoms. The maximum Gasteiger partial charge on any atom is 0.0346 e. The van der Waals surface area contributed by atoms with E-state index in [2.05, 4.69) is 46.7 Å². The SMILES string of the molecule is c1ccc2c(c1)C[C@H]1NCC[C@@]23CCCC[C@@H]13.c1ccc2cnccc2c1. The van der Waals surface area contributed by atoms with E-state index in [0.29, 0.717) is 5.41 Å². The number of rotatable bonds is 0. The van der Waals surface area contributed by atoms with Gasteiger partial charge in [-0.15, -0.1) is 0 Å². The van der Waals surface area contributed by atoms with Crippen LogP contribution < -0.4 is 5.32 Å². The summed E-state index contributed by atoms with van der Waals surface area (Å²) in [6, 6.07) is 20.2. The van der Waals surface area contributed by atoms with Crippen molar-refractivity contribution >= 4 is 10.8 Å². The van der Waals surface area contributed by atoms with Crippen LogP contribution in [0.4, 0.5) is 0 Å². The third kappa shape index (κ3) is 2.96. The highest BCUT2D eigenvalue weighted by atomic mass is 15.0.